The third kappa shape index (κ3) is 5.61. The molecule has 1 amide bonds. The van der Waals surface area contributed by atoms with Crippen LogP contribution < -0.4 is 14.4 Å². The summed E-state index contributed by atoms with van der Waals surface area (Å²) in [6.07, 6.45) is -3.86. The monoisotopic (exact) mass is 600 g/mol. The van der Waals surface area contributed by atoms with E-state index in [2.05, 4.69) is 14.4 Å². The van der Waals surface area contributed by atoms with Crippen LogP contribution >= 0.6 is 0 Å². The van der Waals surface area contributed by atoms with Crippen molar-refractivity contribution in [1.29, 1.82) is 0 Å². The highest BCUT2D eigenvalue weighted by atomic mass is 32.2. The maximum Gasteiger partial charge on any atom is 0.416 e. The highest BCUT2D eigenvalue weighted by Gasteiger charge is 2.45. The number of aryl methyl sites for hydroxylation is 1. The first kappa shape index (κ1) is 28.8. The van der Waals surface area contributed by atoms with Gasteiger partial charge in [0, 0.05) is 32.2 Å². The van der Waals surface area contributed by atoms with Crippen LogP contribution in [0.3, 0.4) is 0 Å². The van der Waals surface area contributed by atoms with Gasteiger partial charge in [-0.15, -0.1) is 0 Å². The Bertz CT molecular complexity index is 1550. The van der Waals surface area contributed by atoms with E-state index in [0.29, 0.717) is 0 Å². The second kappa shape index (κ2) is 10.9. The van der Waals surface area contributed by atoms with Gasteiger partial charge in [-0.2, -0.15) is 25.9 Å². The van der Waals surface area contributed by atoms with Gasteiger partial charge in [-0.1, -0.05) is 24.2 Å². The highest BCUT2D eigenvalue weighted by Crippen LogP contribution is 2.41. The van der Waals surface area contributed by atoms with Crippen LogP contribution in [0.4, 0.5) is 29.1 Å². The number of hydrogen-bond donors (Lipinski definition) is 1. The van der Waals surface area contributed by atoms with Gasteiger partial charge in [0.1, 0.15) is 24.4 Å². The van der Waals surface area contributed by atoms with Gasteiger partial charge in [0.2, 0.25) is 0 Å². The third-order valence-corrected chi connectivity index (χ3v) is 8.63. The van der Waals surface area contributed by atoms with E-state index in [-0.39, 0.29) is 61.3 Å². The minimum atomic E-state index is -4.62. The Kier molecular flexibility index (Phi) is 7.70. The molecule has 0 radical (unpaired) electrons. The van der Waals surface area contributed by atoms with E-state index in [1.165, 1.54) is 42.5 Å². The lowest BCUT2D eigenvalue weighted by molar-refractivity contribution is -0.138. The van der Waals surface area contributed by atoms with E-state index in [0.717, 1.165) is 16.4 Å². The molecule has 222 valence electrons. The number of carbonyl (C=O) groups excluding carboxylic acids is 1. The summed E-state index contributed by atoms with van der Waals surface area (Å²) < 4.78 is 101. The van der Waals surface area contributed by atoms with Crippen molar-refractivity contribution in [2.45, 2.75) is 38.1 Å². The number of amides is 1. The molecule has 2 aliphatic rings. The Labute approximate surface area is 234 Å². The number of fused-ring (bicyclic) bond motifs is 1. The maximum atomic E-state index is 15.6. The Hall–Kier alpha value is -3.69. The number of benzene rings is 2. The molecule has 41 heavy (non-hydrogen) atoms. The molecule has 15 heteroatoms. The maximum absolute atomic E-state index is 15.6. The number of ether oxygens (including phenoxy) is 2. The average molecular weight is 601 g/mol. The molecule has 3 heterocycles. The lowest BCUT2D eigenvalue weighted by Crippen LogP contribution is -2.62. The molecule has 2 saturated heterocycles. The van der Waals surface area contributed by atoms with Gasteiger partial charge in [0.15, 0.2) is 5.82 Å². The fraction of sp³-hybridized carbons (Fsp3) is 0.385. The smallest absolute Gasteiger partial charge is 0.416 e. The number of carbonyl (C=O) groups is 1. The molecule has 2 fully saturated rings. The number of aromatic nitrogens is 1. The predicted molar refractivity (Wildman–Crippen MR) is 141 cm³/mol. The number of morpholine rings is 1. The van der Waals surface area contributed by atoms with Gasteiger partial charge in [0.25, 0.3) is 5.91 Å². The van der Waals surface area contributed by atoms with Crippen LogP contribution in [0, 0.1) is 5.82 Å². The standard InChI is InChI=1S/C26H26F4N4O6S.H2/c1-3-15-4-5-16(10-18(15)26(28,29)30)17-11-22(38-2)21(12-19(17)27)34-20-6-8-33(13-23(20)39-14-25(34)35)41(36,37)32-24-7-9-40-31-24;/h4-5,7,9-12,20,23H,3,6,8,13-14H2,1-2H3,(H,31,32);1H/t20-,23-;/m1./s1. The van der Waals surface area contributed by atoms with Gasteiger partial charge >= 0.3 is 16.4 Å². The molecule has 0 bridgehead atoms. The Morgan fingerprint density at radius 1 is 1.22 bits per heavy atom. The van der Waals surface area contributed by atoms with Gasteiger partial charge in [-0.3, -0.25) is 9.52 Å². The van der Waals surface area contributed by atoms with Gasteiger partial charge < -0.3 is 18.9 Å². The summed E-state index contributed by atoms with van der Waals surface area (Å²) in [5.41, 5.74) is -0.835. The molecule has 2 atom stereocenters. The minimum absolute atomic E-state index is 0. The number of methoxy groups -OCH3 is 1. The van der Waals surface area contributed by atoms with Crippen LogP contribution in [0.15, 0.2) is 47.2 Å². The quantitative estimate of drug-likeness (QED) is 0.398. The van der Waals surface area contributed by atoms with Crippen molar-refractivity contribution >= 4 is 27.6 Å². The van der Waals surface area contributed by atoms with Crippen molar-refractivity contribution in [3.63, 3.8) is 0 Å². The van der Waals surface area contributed by atoms with E-state index in [1.54, 1.807) is 6.92 Å². The topological polar surface area (TPSA) is 114 Å². The summed E-state index contributed by atoms with van der Waals surface area (Å²) in [6.45, 7) is 1.11. The largest absolute Gasteiger partial charge is 0.495 e. The van der Waals surface area contributed by atoms with Crippen LogP contribution in [-0.2, 0) is 32.3 Å². The van der Waals surface area contributed by atoms with Gasteiger partial charge in [-0.05, 0) is 36.1 Å². The zero-order valence-corrected chi connectivity index (χ0v) is 22.8. The van der Waals surface area contributed by atoms with Crippen LogP contribution in [0.25, 0.3) is 11.1 Å². The van der Waals surface area contributed by atoms with Crippen molar-refractivity contribution < 1.29 is 46.2 Å². The first-order valence-corrected chi connectivity index (χ1v) is 14.1. The van der Waals surface area contributed by atoms with Crippen molar-refractivity contribution in [2.75, 3.05) is 36.4 Å². The molecule has 3 aromatic rings. The van der Waals surface area contributed by atoms with Gasteiger partial charge in [0.05, 0.1) is 30.5 Å². The molecular weight excluding hydrogens is 572 g/mol. The zero-order chi connectivity index (χ0) is 29.5. The molecule has 5 rings (SSSR count). The summed E-state index contributed by atoms with van der Waals surface area (Å²) in [7, 11) is -2.71. The molecule has 0 spiro atoms. The van der Waals surface area contributed by atoms with Crippen molar-refractivity contribution in [3.8, 4) is 16.9 Å². The predicted octanol–water partition coefficient (Wildman–Crippen LogP) is 4.48. The Balaban J connectivity index is 0.00000405. The number of hydrogen-bond acceptors (Lipinski definition) is 7. The highest BCUT2D eigenvalue weighted by molar-refractivity contribution is 7.90. The molecule has 0 aliphatic carbocycles. The van der Waals surface area contributed by atoms with E-state index in [1.807, 2.05) is 0 Å². The first-order valence-electron chi connectivity index (χ1n) is 12.6. The number of anilines is 2. The molecule has 0 unspecified atom stereocenters. The van der Waals surface area contributed by atoms with Gasteiger partial charge in [-0.25, -0.2) is 4.39 Å². The lowest BCUT2D eigenvalue weighted by Gasteiger charge is -2.46. The number of piperidine rings is 1. The second-order valence-electron chi connectivity index (χ2n) is 9.55. The van der Waals surface area contributed by atoms with E-state index in [9.17, 15) is 26.4 Å². The van der Waals surface area contributed by atoms with Crippen LogP contribution in [0.1, 0.15) is 25.9 Å². The van der Waals surface area contributed by atoms with Crippen LogP contribution in [0.2, 0.25) is 0 Å². The number of nitrogens with zero attached hydrogens (tertiary/aromatic N) is 3. The zero-order valence-electron chi connectivity index (χ0n) is 21.9. The van der Waals surface area contributed by atoms with Crippen LogP contribution in [0.5, 0.6) is 5.75 Å². The number of rotatable bonds is 7. The Morgan fingerprint density at radius 3 is 2.66 bits per heavy atom. The summed E-state index contributed by atoms with van der Waals surface area (Å²) >= 11 is 0. The van der Waals surface area contributed by atoms with Crippen molar-refractivity contribution in [1.82, 2.24) is 9.46 Å². The first-order chi connectivity index (χ1) is 19.4. The molecule has 10 nitrogen and oxygen atoms in total. The molecule has 2 aliphatic heterocycles. The Morgan fingerprint density at radius 2 is 2.00 bits per heavy atom. The molecule has 2 aromatic carbocycles. The summed E-state index contributed by atoms with van der Waals surface area (Å²) in [4.78, 5) is 14.4. The fourth-order valence-electron chi connectivity index (χ4n) is 5.19. The number of alkyl halides is 3. The number of nitrogens with one attached hydrogen (secondary N) is 1. The summed E-state index contributed by atoms with van der Waals surface area (Å²) in [6, 6.07) is 6.60. The molecule has 1 aromatic heterocycles. The lowest BCUT2D eigenvalue weighted by atomic mass is 9.95. The minimum Gasteiger partial charge on any atom is -0.495 e. The van der Waals surface area contributed by atoms with E-state index in [4.69, 9.17) is 9.47 Å². The van der Waals surface area contributed by atoms with E-state index >= 15 is 4.39 Å². The van der Waals surface area contributed by atoms with Crippen molar-refractivity contribution in [3.05, 3.63) is 59.6 Å². The van der Waals surface area contributed by atoms with Crippen LogP contribution in [-0.4, -0.2) is 62.7 Å². The van der Waals surface area contributed by atoms with E-state index < -0.39 is 52.4 Å². The summed E-state index contributed by atoms with van der Waals surface area (Å²) in [5.74, 6) is -1.29. The molecule has 0 saturated carbocycles. The molecular formula is C26H28F4N4O6S. The fourth-order valence-corrected chi connectivity index (χ4v) is 6.38. The average Bonchev–Trinajstić information content (AvgIpc) is 3.44. The SMILES string of the molecule is CCc1ccc(-c2cc(OC)c(N3C(=O)CO[C@@H]4CN(S(=O)(=O)Nc5ccon5)CC[C@H]43)cc2F)cc1C(F)(F)F.[HH]. The number of halogens is 4. The molecule has 1 N–H and O–H groups in total. The summed E-state index contributed by atoms with van der Waals surface area (Å²) in [5, 5.41) is 3.54. The van der Waals surface area contributed by atoms with Crippen molar-refractivity contribution in [2.24, 2.45) is 0 Å². The third-order valence-electron chi connectivity index (χ3n) is 7.15. The second-order valence-corrected chi connectivity index (χ2v) is 11.2. The normalized spacial score (nSPS) is 20.1.